The molecule has 2 aromatic rings. The number of benzene rings is 1. The van der Waals surface area contributed by atoms with Crippen molar-refractivity contribution in [1.29, 1.82) is 0 Å². The Bertz CT molecular complexity index is 558. The summed E-state index contributed by atoms with van der Waals surface area (Å²) in [6.45, 7) is 1.74. The Labute approximate surface area is 104 Å². The predicted molar refractivity (Wildman–Crippen MR) is 64.5 cm³/mol. The van der Waals surface area contributed by atoms with E-state index in [4.69, 9.17) is 5.84 Å². The third-order valence-corrected chi connectivity index (χ3v) is 2.77. The number of hydrazine groups is 1. The third-order valence-electron chi connectivity index (χ3n) is 2.77. The lowest BCUT2D eigenvalue weighted by Gasteiger charge is -2.18. The molecule has 3 N–H and O–H groups in total. The maximum Gasteiger partial charge on any atom is 0.146 e. The van der Waals surface area contributed by atoms with Gasteiger partial charge in [0.15, 0.2) is 0 Å². The minimum absolute atomic E-state index is 0.190. The molecule has 1 heterocycles. The molecular formula is C13H13F2N3. The zero-order valence-corrected chi connectivity index (χ0v) is 9.82. The van der Waals surface area contributed by atoms with Gasteiger partial charge in [-0.25, -0.2) is 14.2 Å². The summed E-state index contributed by atoms with van der Waals surface area (Å²) in [7, 11) is 0. The van der Waals surface area contributed by atoms with Crippen LogP contribution in [-0.2, 0) is 0 Å². The van der Waals surface area contributed by atoms with Crippen molar-refractivity contribution in [3.8, 4) is 0 Å². The number of rotatable bonds is 3. The highest BCUT2D eigenvalue weighted by Gasteiger charge is 2.19. The lowest BCUT2D eigenvalue weighted by molar-refractivity contribution is 0.541. The number of aryl methyl sites for hydroxylation is 1. The molecule has 0 aliphatic carbocycles. The molecule has 1 aromatic heterocycles. The molecule has 0 saturated carbocycles. The molecule has 2 rings (SSSR count). The average Bonchev–Trinajstić information content (AvgIpc) is 2.34. The van der Waals surface area contributed by atoms with Gasteiger partial charge in [0.25, 0.3) is 0 Å². The third kappa shape index (κ3) is 2.37. The molecule has 18 heavy (non-hydrogen) atoms. The van der Waals surface area contributed by atoms with Gasteiger partial charge >= 0.3 is 0 Å². The van der Waals surface area contributed by atoms with Gasteiger partial charge in [0, 0.05) is 6.20 Å². The van der Waals surface area contributed by atoms with Crippen molar-refractivity contribution in [1.82, 2.24) is 10.4 Å². The molecule has 0 aliphatic rings. The van der Waals surface area contributed by atoms with E-state index < -0.39 is 11.9 Å². The molecule has 0 aliphatic heterocycles. The molecule has 0 saturated heterocycles. The monoisotopic (exact) mass is 249 g/mol. The fourth-order valence-corrected chi connectivity index (χ4v) is 1.89. The lowest BCUT2D eigenvalue weighted by atomic mass is 9.98. The highest BCUT2D eigenvalue weighted by atomic mass is 19.1. The topological polar surface area (TPSA) is 50.9 Å². The van der Waals surface area contributed by atoms with Gasteiger partial charge in [-0.1, -0.05) is 6.07 Å². The number of nitrogens with one attached hydrogen (secondary N) is 1. The van der Waals surface area contributed by atoms with E-state index >= 15 is 0 Å². The van der Waals surface area contributed by atoms with Gasteiger partial charge in [0.05, 0.1) is 11.7 Å². The van der Waals surface area contributed by atoms with Crippen LogP contribution in [-0.4, -0.2) is 4.98 Å². The van der Waals surface area contributed by atoms with Crippen LogP contribution in [0.3, 0.4) is 0 Å². The molecule has 5 heteroatoms. The lowest BCUT2D eigenvalue weighted by Crippen LogP contribution is -2.30. The fourth-order valence-electron chi connectivity index (χ4n) is 1.89. The largest absolute Gasteiger partial charge is 0.271 e. The summed E-state index contributed by atoms with van der Waals surface area (Å²) in [6, 6.07) is 6.47. The van der Waals surface area contributed by atoms with E-state index in [9.17, 15) is 8.78 Å². The van der Waals surface area contributed by atoms with Crippen molar-refractivity contribution >= 4 is 0 Å². The molecular weight excluding hydrogens is 236 g/mol. The molecule has 0 amide bonds. The number of halogens is 2. The van der Waals surface area contributed by atoms with Crippen LogP contribution in [0.25, 0.3) is 0 Å². The van der Waals surface area contributed by atoms with Gasteiger partial charge in [0.1, 0.15) is 11.6 Å². The van der Waals surface area contributed by atoms with Crippen LogP contribution in [0.2, 0.25) is 0 Å². The number of hydrogen-bond acceptors (Lipinski definition) is 3. The molecule has 0 fully saturated rings. The van der Waals surface area contributed by atoms with Gasteiger partial charge in [-0.3, -0.25) is 10.8 Å². The molecule has 1 aromatic carbocycles. The summed E-state index contributed by atoms with van der Waals surface area (Å²) in [5.41, 5.74) is 4.07. The van der Waals surface area contributed by atoms with Gasteiger partial charge in [-0.15, -0.1) is 0 Å². The van der Waals surface area contributed by atoms with E-state index in [-0.39, 0.29) is 11.5 Å². The van der Waals surface area contributed by atoms with Crippen LogP contribution < -0.4 is 11.3 Å². The number of hydrogen-bond donors (Lipinski definition) is 2. The van der Waals surface area contributed by atoms with Crippen LogP contribution in [0.4, 0.5) is 8.78 Å². The first-order valence-corrected chi connectivity index (χ1v) is 5.46. The molecule has 3 nitrogen and oxygen atoms in total. The van der Waals surface area contributed by atoms with E-state index in [1.54, 1.807) is 13.0 Å². The minimum Gasteiger partial charge on any atom is -0.271 e. The normalized spacial score (nSPS) is 12.4. The number of nitrogens with two attached hydrogens (primary N) is 1. The smallest absolute Gasteiger partial charge is 0.146 e. The van der Waals surface area contributed by atoms with Gasteiger partial charge in [-0.05, 0) is 42.3 Å². The maximum absolute atomic E-state index is 13.7. The molecule has 94 valence electrons. The van der Waals surface area contributed by atoms with E-state index in [2.05, 4.69) is 10.4 Å². The van der Waals surface area contributed by atoms with Crippen LogP contribution in [0.15, 0.2) is 36.5 Å². The Morgan fingerprint density at radius 1 is 1.28 bits per heavy atom. The Hall–Kier alpha value is -1.85. The van der Waals surface area contributed by atoms with Crippen molar-refractivity contribution in [3.05, 3.63) is 65.0 Å². The zero-order chi connectivity index (χ0) is 13.1. The standard InChI is InChI=1S/C13H13F2N3/c1-8-7-9(14)4-5-10(8)12(18-16)13-11(15)3-2-6-17-13/h2-7,12,18H,16H2,1H3. The van der Waals surface area contributed by atoms with E-state index in [1.165, 1.54) is 30.5 Å². The average molecular weight is 249 g/mol. The van der Waals surface area contributed by atoms with Crippen molar-refractivity contribution < 1.29 is 8.78 Å². The Balaban J connectivity index is 2.49. The number of pyridine rings is 1. The van der Waals surface area contributed by atoms with Gasteiger partial charge < -0.3 is 0 Å². The summed E-state index contributed by atoms with van der Waals surface area (Å²) in [5.74, 6) is 4.67. The first kappa shape index (κ1) is 12.6. The Kier molecular flexibility index (Phi) is 3.64. The summed E-state index contributed by atoms with van der Waals surface area (Å²) in [6.07, 6.45) is 1.49. The van der Waals surface area contributed by atoms with Crippen LogP contribution in [0, 0.1) is 18.6 Å². The number of aromatic nitrogens is 1. The van der Waals surface area contributed by atoms with E-state index in [1.807, 2.05) is 0 Å². The van der Waals surface area contributed by atoms with Crippen molar-refractivity contribution in [2.75, 3.05) is 0 Å². The molecule has 0 spiro atoms. The second-order valence-electron chi connectivity index (χ2n) is 3.97. The second-order valence-corrected chi connectivity index (χ2v) is 3.97. The number of nitrogens with zero attached hydrogens (tertiary/aromatic N) is 1. The van der Waals surface area contributed by atoms with Crippen molar-refractivity contribution in [2.45, 2.75) is 13.0 Å². The Morgan fingerprint density at radius 3 is 2.67 bits per heavy atom. The second kappa shape index (κ2) is 5.20. The summed E-state index contributed by atoms with van der Waals surface area (Å²) in [4.78, 5) is 3.98. The SMILES string of the molecule is Cc1cc(F)ccc1C(NN)c1ncccc1F. The summed E-state index contributed by atoms with van der Waals surface area (Å²) >= 11 is 0. The molecule has 1 atom stereocenters. The molecule has 0 radical (unpaired) electrons. The predicted octanol–water partition coefficient (Wildman–Crippen LogP) is 2.22. The maximum atomic E-state index is 13.7. The van der Waals surface area contributed by atoms with Gasteiger partial charge in [0.2, 0.25) is 0 Å². The van der Waals surface area contributed by atoms with E-state index in [0.29, 0.717) is 11.1 Å². The van der Waals surface area contributed by atoms with E-state index in [0.717, 1.165) is 0 Å². The molecule has 0 bridgehead atoms. The van der Waals surface area contributed by atoms with Crippen molar-refractivity contribution in [2.24, 2.45) is 5.84 Å². The summed E-state index contributed by atoms with van der Waals surface area (Å²) in [5, 5.41) is 0. The molecule has 1 unspecified atom stereocenters. The highest BCUT2D eigenvalue weighted by Crippen LogP contribution is 2.24. The first-order valence-electron chi connectivity index (χ1n) is 5.46. The first-order chi connectivity index (χ1) is 8.63. The zero-order valence-electron chi connectivity index (χ0n) is 9.82. The fraction of sp³-hybridized carbons (Fsp3) is 0.154. The quantitative estimate of drug-likeness (QED) is 0.647. The minimum atomic E-state index is -0.605. The van der Waals surface area contributed by atoms with Crippen LogP contribution >= 0.6 is 0 Å². The highest BCUT2D eigenvalue weighted by molar-refractivity contribution is 5.35. The summed E-state index contributed by atoms with van der Waals surface area (Å²) < 4.78 is 26.7. The van der Waals surface area contributed by atoms with Crippen molar-refractivity contribution in [3.63, 3.8) is 0 Å². The van der Waals surface area contributed by atoms with Crippen LogP contribution in [0.5, 0.6) is 0 Å². The van der Waals surface area contributed by atoms with Gasteiger partial charge in [-0.2, -0.15) is 0 Å². The Morgan fingerprint density at radius 2 is 2.06 bits per heavy atom. The van der Waals surface area contributed by atoms with Crippen LogP contribution in [0.1, 0.15) is 22.9 Å².